The number of amides is 1. The Balaban J connectivity index is 1.88. The summed E-state index contributed by atoms with van der Waals surface area (Å²) in [4.78, 5) is 11.9. The molecule has 1 aromatic heterocycles. The van der Waals surface area contributed by atoms with E-state index in [1.54, 1.807) is 0 Å². The number of nitrogens with zero attached hydrogens (tertiary/aromatic N) is 4. The molecule has 2 rings (SSSR count). The maximum Gasteiger partial charge on any atom is 0.230 e. The van der Waals surface area contributed by atoms with E-state index in [9.17, 15) is 4.79 Å². The smallest absolute Gasteiger partial charge is 0.230 e. The minimum absolute atomic E-state index is 0.0304. The number of nitrogens with one attached hydrogen (secondary N) is 1. The SMILES string of the molecule is CCC(C)(C)NC(=O)CSc1nnnn1C1CCCC1. The van der Waals surface area contributed by atoms with Crippen molar-refractivity contribution in [1.29, 1.82) is 0 Å². The number of tetrazole rings is 1. The standard InChI is InChI=1S/C13H23N5OS/c1-4-13(2,3)14-11(19)9-20-12-15-16-17-18(12)10-7-5-6-8-10/h10H,4-9H2,1-3H3,(H,14,19). The van der Waals surface area contributed by atoms with Gasteiger partial charge in [0.05, 0.1) is 11.8 Å². The van der Waals surface area contributed by atoms with E-state index in [1.807, 2.05) is 18.5 Å². The summed E-state index contributed by atoms with van der Waals surface area (Å²) < 4.78 is 1.88. The molecule has 0 spiro atoms. The van der Waals surface area contributed by atoms with Gasteiger partial charge in [-0.2, -0.15) is 0 Å². The summed E-state index contributed by atoms with van der Waals surface area (Å²) in [7, 11) is 0. The molecule has 112 valence electrons. The molecule has 1 fully saturated rings. The van der Waals surface area contributed by atoms with Gasteiger partial charge in [-0.25, -0.2) is 4.68 Å². The minimum atomic E-state index is -0.158. The van der Waals surface area contributed by atoms with Gasteiger partial charge >= 0.3 is 0 Å². The molecule has 1 aromatic rings. The lowest BCUT2D eigenvalue weighted by Gasteiger charge is -2.24. The summed E-state index contributed by atoms with van der Waals surface area (Å²) in [6, 6.07) is 0.405. The van der Waals surface area contributed by atoms with E-state index in [0.717, 1.165) is 24.4 Å². The number of aromatic nitrogens is 4. The Labute approximate surface area is 124 Å². The summed E-state index contributed by atoms with van der Waals surface area (Å²) in [5.41, 5.74) is -0.158. The molecule has 0 unspecified atom stereocenters. The van der Waals surface area contributed by atoms with Gasteiger partial charge in [-0.1, -0.05) is 31.5 Å². The molecule has 0 bridgehead atoms. The Kier molecular flexibility index (Phi) is 5.01. The average molecular weight is 297 g/mol. The van der Waals surface area contributed by atoms with Crippen LogP contribution < -0.4 is 5.32 Å². The maximum atomic E-state index is 11.9. The first kappa shape index (κ1) is 15.3. The lowest BCUT2D eigenvalue weighted by atomic mass is 10.0. The molecule has 0 atom stereocenters. The lowest BCUT2D eigenvalue weighted by molar-refractivity contribution is -0.120. The fourth-order valence-electron chi connectivity index (χ4n) is 2.29. The summed E-state index contributed by atoms with van der Waals surface area (Å²) in [5.74, 6) is 0.388. The molecule has 1 aliphatic rings. The number of hydrogen-bond acceptors (Lipinski definition) is 5. The highest BCUT2D eigenvalue weighted by atomic mass is 32.2. The van der Waals surface area contributed by atoms with E-state index in [2.05, 4.69) is 27.8 Å². The summed E-state index contributed by atoms with van der Waals surface area (Å²) in [5, 5.41) is 15.6. The Morgan fingerprint density at radius 2 is 2.15 bits per heavy atom. The minimum Gasteiger partial charge on any atom is -0.351 e. The second-order valence-corrected chi connectivity index (χ2v) is 6.86. The van der Waals surface area contributed by atoms with Crippen molar-refractivity contribution in [2.45, 2.75) is 69.6 Å². The zero-order chi connectivity index (χ0) is 14.6. The molecular formula is C13H23N5OS. The third-order valence-electron chi connectivity index (χ3n) is 3.83. The first-order valence-corrected chi connectivity index (χ1v) is 8.22. The Morgan fingerprint density at radius 1 is 1.45 bits per heavy atom. The predicted molar refractivity (Wildman–Crippen MR) is 78.6 cm³/mol. The molecule has 1 N–H and O–H groups in total. The van der Waals surface area contributed by atoms with Crippen LogP contribution in [0, 0.1) is 0 Å². The van der Waals surface area contributed by atoms with Crippen molar-refractivity contribution in [3.63, 3.8) is 0 Å². The van der Waals surface area contributed by atoms with Crippen LogP contribution in [-0.2, 0) is 4.79 Å². The van der Waals surface area contributed by atoms with Crippen LogP contribution in [0.4, 0.5) is 0 Å². The van der Waals surface area contributed by atoms with Gasteiger partial charge in [0.2, 0.25) is 11.1 Å². The second kappa shape index (κ2) is 6.56. The number of rotatable bonds is 6. The monoisotopic (exact) mass is 297 g/mol. The predicted octanol–water partition coefficient (Wildman–Crippen LogP) is 2.19. The van der Waals surface area contributed by atoms with Gasteiger partial charge in [0.25, 0.3) is 0 Å². The Morgan fingerprint density at radius 3 is 2.80 bits per heavy atom. The second-order valence-electron chi connectivity index (χ2n) is 5.92. The van der Waals surface area contributed by atoms with Crippen LogP contribution in [0.25, 0.3) is 0 Å². The number of thioether (sulfide) groups is 1. The summed E-state index contributed by atoms with van der Waals surface area (Å²) in [6.45, 7) is 6.12. The van der Waals surface area contributed by atoms with E-state index in [1.165, 1.54) is 24.6 Å². The van der Waals surface area contributed by atoms with Crippen LogP contribution in [0.2, 0.25) is 0 Å². The van der Waals surface area contributed by atoms with E-state index in [0.29, 0.717) is 11.8 Å². The molecule has 1 aliphatic carbocycles. The molecular weight excluding hydrogens is 274 g/mol. The molecule has 0 aromatic carbocycles. The van der Waals surface area contributed by atoms with E-state index in [-0.39, 0.29) is 11.4 Å². The first-order chi connectivity index (χ1) is 9.52. The molecule has 0 aliphatic heterocycles. The molecule has 1 heterocycles. The van der Waals surface area contributed by atoms with Crippen LogP contribution in [0.1, 0.15) is 58.9 Å². The Bertz CT molecular complexity index is 453. The molecule has 20 heavy (non-hydrogen) atoms. The highest BCUT2D eigenvalue weighted by Gasteiger charge is 2.23. The van der Waals surface area contributed by atoms with Crippen molar-refractivity contribution in [3.8, 4) is 0 Å². The van der Waals surface area contributed by atoms with Crippen molar-refractivity contribution in [2.24, 2.45) is 0 Å². The molecule has 1 saturated carbocycles. The third-order valence-corrected chi connectivity index (χ3v) is 4.76. The van der Waals surface area contributed by atoms with Crippen LogP contribution in [0.15, 0.2) is 5.16 Å². The maximum absolute atomic E-state index is 11.9. The molecule has 0 radical (unpaired) electrons. The highest BCUT2D eigenvalue weighted by Crippen LogP contribution is 2.31. The quantitative estimate of drug-likeness (QED) is 0.815. The van der Waals surface area contributed by atoms with Gasteiger partial charge in [0.1, 0.15) is 0 Å². The fourth-order valence-corrected chi connectivity index (χ4v) is 3.03. The molecule has 1 amide bonds. The van der Waals surface area contributed by atoms with E-state index in [4.69, 9.17) is 0 Å². The summed E-state index contributed by atoms with van der Waals surface area (Å²) >= 11 is 1.41. The van der Waals surface area contributed by atoms with Gasteiger partial charge in [0, 0.05) is 5.54 Å². The topological polar surface area (TPSA) is 72.7 Å². The highest BCUT2D eigenvalue weighted by molar-refractivity contribution is 7.99. The van der Waals surface area contributed by atoms with Crippen molar-refractivity contribution in [2.75, 3.05) is 5.75 Å². The van der Waals surface area contributed by atoms with Crippen molar-refractivity contribution < 1.29 is 4.79 Å². The molecule has 6 nitrogen and oxygen atoms in total. The number of carbonyl (C=O) groups excluding carboxylic acids is 1. The van der Waals surface area contributed by atoms with E-state index < -0.39 is 0 Å². The molecule has 7 heteroatoms. The number of carbonyl (C=O) groups is 1. The van der Waals surface area contributed by atoms with Gasteiger partial charge < -0.3 is 5.32 Å². The zero-order valence-electron chi connectivity index (χ0n) is 12.4. The van der Waals surface area contributed by atoms with Crippen molar-refractivity contribution in [1.82, 2.24) is 25.5 Å². The first-order valence-electron chi connectivity index (χ1n) is 7.23. The summed E-state index contributed by atoms with van der Waals surface area (Å²) in [6.07, 6.45) is 5.64. The fraction of sp³-hybridized carbons (Fsp3) is 0.846. The van der Waals surface area contributed by atoms with Crippen LogP contribution in [0.5, 0.6) is 0 Å². The van der Waals surface area contributed by atoms with Gasteiger partial charge in [0.15, 0.2) is 0 Å². The van der Waals surface area contributed by atoms with Crippen LogP contribution in [0.3, 0.4) is 0 Å². The van der Waals surface area contributed by atoms with Crippen LogP contribution in [-0.4, -0.2) is 37.4 Å². The van der Waals surface area contributed by atoms with Gasteiger partial charge in [-0.15, -0.1) is 5.10 Å². The van der Waals surface area contributed by atoms with Gasteiger partial charge in [-0.3, -0.25) is 4.79 Å². The lowest BCUT2D eigenvalue weighted by Crippen LogP contribution is -2.43. The zero-order valence-corrected chi connectivity index (χ0v) is 13.2. The molecule has 0 saturated heterocycles. The van der Waals surface area contributed by atoms with Gasteiger partial charge in [-0.05, 0) is 43.5 Å². The van der Waals surface area contributed by atoms with Crippen molar-refractivity contribution in [3.05, 3.63) is 0 Å². The average Bonchev–Trinajstić information content (AvgIpc) is 3.06. The van der Waals surface area contributed by atoms with Crippen molar-refractivity contribution >= 4 is 17.7 Å². The van der Waals surface area contributed by atoms with Crippen LogP contribution >= 0.6 is 11.8 Å². The third kappa shape index (κ3) is 3.94. The number of hydrogen-bond donors (Lipinski definition) is 1. The van der Waals surface area contributed by atoms with E-state index >= 15 is 0 Å². The Hall–Kier alpha value is -1.11. The normalized spacial score (nSPS) is 16.6. The largest absolute Gasteiger partial charge is 0.351 e.